The lowest BCUT2D eigenvalue weighted by Gasteiger charge is -2.25. The normalized spacial score (nSPS) is 20.7. The molecule has 1 aromatic carbocycles. The molecule has 2 unspecified atom stereocenters. The van der Waals surface area contributed by atoms with Gasteiger partial charge in [0, 0.05) is 13.0 Å². The molecule has 4 nitrogen and oxygen atoms in total. The average molecular weight is 301 g/mol. The number of carbonyl (C=O) groups is 2. The summed E-state index contributed by atoms with van der Waals surface area (Å²) < 4.78 is 0. The van der Waals surface area contributed by atoms with E-state index in [1.807, 2.05) is 13.0 Å². The van der Waals surface area contributed by atoms with Gasteiger partial charge in [-0.05, 0) is 24.6 Å². The van der Waals surface area contributed by atoms with Gasteiger partial charge in [0.15, 0.2) is 0 Å². The van der Waals surface area contributed by atoms with E-state index in [9.17, 15) is 9.59 Å². The Labute approximate surface area is 121 Å². The molecule has 1 saturated heterocycles. The molecule has 2 amide bonds. The second kappa shape index (κ2) is 5.39. The second-order valence-electron chi connectivity index (χ2n) is 4.70. The van der Waals surface area contributed by atoms with E-state index in [1.54, 1.807) is 17.0 Å². The zero-order valence-electron chi connectivity index (χ0n) is 10.4. The molecule has 1 aromatic rings. The third-order valence-electron chi connectivity index (χ3n) is 3.45. The molecule has 2 atom stereocenters. The molecular formula is C13H14Cl2N2O2. The van der Waals surface area contributed by atoms with Crippen molar-refractivity contribution < 1.29 is 9.59 Å². The lowest BCUT2D eigenvalue weighted by molar-refractivity contribution is -0.130. The van der Waals surface area contributed by atoms with Gasteiger partial charge in [0.1, 0.15) is 0 Å². The molecule has 0 aromatic heterocycles. The van der Waals surface area contributed by atoms with Crippen molar-refractivity contribution in [1.82, 2.24) is 4.90 Å². The summed E-state index contributed by atoms with van der Waals surface area (Å²) in [6.45, 7) is 2.25. The van der Waals surface area contributed by atoms with Gasteiger partial charge in [-0.15, -0.1) is 0 Å². The highest BCUT2D eigenvalue weighted by atomic mass is 35.5. The van der Waals surface area contributed by atoms with E-state index in [1.165, 1.54) is 0 Å². The molecule has 1 heterocycles. The van der Waals surface area contributed by atoms with E-state index in [2.05, 4.69) is 0 Å². The Balaban J connectivity index is 2.19. The van der Waals surface area contributed by atoms with E-state index < -0.39 is 11.8 Å². The van der Waals surface area contributed by atoms with Crippen molar-refractivity contribution in [3.63, 3.8) is 0 Å². The summed E-state index contributed by atoms with van der Waals surface area (Å²) in [6.07, 6.45) is 0.182. The van der Waals surface area contributed by atoms with Crippen molar-refractivity contribution in [2.24, 2.45) is 11.7 Å². The molecule has 1 aliphatic heterocycles. The molecule has 0 aliphatic carbocycles. The number of primary amides is 1. The smallest absolute Gasteiger partial charge is 0.223 e. The first kappa shape index (κ1) is 14.2. The summed E-state index contributed by atoms with van der Waals surface area (Å²) in [6, 6.07) is 5.09. The lowest BCUT2D eigenvalue weighted by Crippen LogP contribution is -2.30. The molecule has 2 rings (SSSR count). The number of rotatable bonds is 3. The molecule has 6 heteroatoms. The minimum atomic E-state index is -0.433. The highest BCUT2D eigenvalue weighted by Crippen LogP contribution is 2.31. The van der Waals surface area contributed by atoms with E-state index in [0.717, 1.165) is 5.56 Å². The van der Waals surface area contributed by atoms with Gasteiger partial charge in [0.05, 0.1) is 22.0 Å². The van der Waals surface area contributed by atoms with Crippen LogP contribution in [0.15, 0.2) is 18.2 Å². The highest BCUT2D eigenvalue weighted by Gasteiger charge is 2.35. The maximum absolute atomic E-state index is 11.9. The minimum Gasteiger partial charge on any atom is -0.369 e. The molecule has 0 spiro atoms. The van der Waals surface area contributed by atoms with E-state index in [4.69, 9.17) is 28.9 Å². The number of carbonyl (C=O) groups excluding carboxylic acids is 2. The number of nitrogens with zero attached hydrogens (tertiary/aromatic N) is 1. The molecule has 0 saturated carbocycles. The van der Waals surface area contributed by atoms with Gasteiger partial charge in [0.25, 0.3) is 0 Å². The summed E-state index contributed by atoms with van der Waals surface area (Å²) >= 11 is 11.8. The number of nitrogens with two attached hydrogens (primary N) is 1. The van der Waals surface area contributed by atoms with Crippen LogP contribution in [0.5, 0.6) is 0 Å². The van der Waals surface area contributed by atoms with Gasteiger partial charge >= 0.3 is 0 Å². The van der Waals surface area contributed by atoms with Crippen molar-refractivity contribution in [2.45, 2.75) is 19.4 Å². The van der Waals surface area contributed by atoms with Gasteiger partial charge in [-0.25, -0.2) is 0 Å². The number of hydrogen-bond acceptors (Lipinski definition) is 2. The molecule has 102 valence electrons. The van der Waals surface area contributed by atoms with Crippen LogP contribution in [-0.2, 0) is 9.59 Å². The third kappa shape index (κ3) is 2.85. The fourth-order valence-electron chi connectivity index (χ4n) is 2.25. The molecule has 0 bridgehead atoms. The van der Waals surface area contributed by atoms with Crippen LogP contribution in [0.3, 0.4) is 0 Å². The fraction of sp³-hybridized carbons (Fsp3) is 0.385. The van der Waals surface area contributed by atoms with E-state index in [0.29, 0.717) is 16.6 Å². The van der Waals surface area contributed by atoms with Crippen molar-refractivity contribution in [3.8, 4) is 0 Å². The van der Waals surface area contributed by atoms with Crippen LogP contribution in [0.1, 0.15) is 24.9 Å². The van der Waals surface area contributed by atoms with Gasteiger partial charge in [-0.3, -0.25) is 9.59 Å². The highest BCUT2D eigenvalue weighted by molar-refractivity contribution is 6.42. The second-order valence-corrected chi connectivity index (χ2v) is 5.51. The van der Waals surface area contributed by atoms with Crippen LogP contribution in [-0.4, -0.2) is 23.3 Å². The van der Waals surface area contributed by atoms with Crippen LogP contribution >= 0.6 is 23.2 Å². The maximum atomic E-state index is 11.9. The number of amides is 2. The lowest BCUT2D eigenvalue weighted by atomic mass is 10.1. The molecular weight excluding hydrogens is 287 g/mol. The summed E-state index contributed by atoms with van der Waals surface area (Å²) in [7, 11) is 0. The number of benzene rings is 1. The van der Waals surface area contributed by atoms with E-state index >= 15 is 0 Å². The third-order valence-corrected chi connectivity index (χ3v) is 4.19. The minimum absolute atomic E-state index is 0.0672. The molecule has 0 radical (unpaired) electrons. The summed E-state index contributed by atoms with van der Waals surface area (Å²) in [5, 5.41) is 0.921. The first-order valence-electron chi connectivity index (χ1n) is 5.94. The Morgan fingerprint density at radius 2 is 2.11 bits per heavy atom. The Kier molecular flexibility index (Phi) is 4.02. The van der Waals surface area contributed by atoms with Crippen molar-refractivity contribution in [3.05, 3.63) is 33.8 Å². The zero-order valence-corrected chi connectivity index (χ0v) is 11.9. The monoisotopic (exact) mass is 300 g/mol. The first-order valence-corrected chi connectivity index (χ1v) is 6.69. The fourth-order valence-corrected chi connectivity index (χ4v) is 2.56. The van der Waals surface area contributed by atoms with Crippen LogP contribution in [0.25, 0.3) is 0 Å². The molecule has 19 heavy (non-hydrogen) atoms. The zero-order chi connectivity index (χ0) is 14.2. The van der Waals surface area contributed by atoms with Crippen LogP contribution in [0, 0.1) is 5.92 Å². The Morgan fingerprint density at radius 3 is 2.63 bits per heavy atom. The first-order chi connectivity index (χ1) is 8.90. The van der Waals surface area contributed by atoms with Gasteiger partial charge in [0.2, 0.25) is 11.8 Å². The van der Waals surface area contributed by atoms with Crippen LogP contribution in [0.2, 0.25) is 10.0 Å². The average Bonchev–Trinajstić information content (AvgIpc) is 2.74. The van der Waals surface area contributed by atoms with Gasteiger partial charge < -0.3 is 10.6 Å². The summed E-state index contributed by atoms with van der Waals surface area (Å²) in [5.74, 6) is -0.905. The van der Waals surface area contributed by atoms with Crippen molar-refractivity contribution in [2.75, 3.05) is 6.54 Å². The van der Waals surface area contributed by atoms with Gasteiger partial charge in [-0.1, -0.05) is 29.3 Å². The van der Waals surface area contributed by atoms with E-state index in [-0.39, 0.29) is 18.4 Å². The predicted octanol–water partition coefficient (Wildman–Crippen LogP) is 2.39. The molecule has 2 N–H and O–H groups in total. The Morgan fingerprint density at radius 1 is 1.42 bits per heavy atom. The number of hydrogen-bond donors (Lipinski definition) is 1. The van der Waals surface area contributed by atoms with Gasteiger partial charge in [-0.2, -0.15) is 0 Å². The largest absolute Gasteiger partial charge is 0.369 e. The number of likely N-dealkylation sites (tertiary alicyclic amines) is 1. The summed E-state index contributed by atoms with van der Waals surface area (Å²) in [4.78, 5) is 24.7. The Bertz CT molecular complexity index is 533. The quantitative estimate of drug-likeness (QED) is 0.931. The Hall–Kier alpha value is -1.26. The predicted molar refractivity (Wildman–Crippen MR) is 73.9 cm³/mol. The molecule has 1 fully saturated rings. The summed E-state index contributed by atoms with van der Waals surface area (Å²) in [5.41, 5.74) is 6.13. The number of halogens is 2. The van der Waals surface area contributed by atoms with Crippen molar-refractivity contribution in [1.29, 1.82) is 0 Å². The maximum Gasteiger partial charge on any atom is 0.223 e. The molecule has 1 aliphatic rings. The topological polar surface area (TPSA) is 63.4 Å². The SMILES string of the molecule is CC(c1ccc(Cl)c(Cl)c1)N1CC(C(N)=O)CC1=O. The van der Waals surface area contributed by atoms with Crippen LogP contribution < -0.4 is 5.73 Å². The standard InChI is InChI=1S/C13H14Cl2N2O2/c1-7(8-2-3-10(14)11(15)4-8)17-6-9(13(16)19)5-12(17)18/h2-4,7,9H,5-6H2,1H3,(H2,16,19). The van der Waals surface area contributed by atoms with Crippen molar-refractivity contribution >= 4 is 35.0 Å². The van der Waals surface area contributed by atoms with Crippen LogP contribution in [0.4, 0.5) is 0 Å².